The van der Waals surface area contributed by atoms with Gasteiger partial charge in [-0.05, 0) is 107 Å². The Hall–Kier alpha value is -4.06. The quantitative estimate of drug-likeness (QED) is 0.156. The fourth-order valence-electron chi connectivity index (χ4n) is 8.15. The van der Waals surface area contributed by atoms with Crippen molar-refractivity contribution >= 4 is 70.5 Å². The molecule has 258 valence electrons. The number of hydrogen-bond donors (Lipinski definition) is 2. The number of nitrogens with zero attached hydrogens (tertiary/aromatic N) is 2. The molecule has 0 bridgehead atoms. The maximum absolute atomic E-state index is 11.8. The Labute approximate surface area is 297 Å². The highest BCUT2D eigenvalue weighted by atomic mass is 35.5. The monoisotopic (exact) mass is 729 g/mol. The molecule has 4 aromatic carbocycles. The molecule has 0 amide bonds. The number of halogens is 1. The molecule has 8 nitrogen and oxygen atoms in total. The van der Waals surface area contributed by atoms with Gasteiger partial charge in [-0.2, -0.15) is 21.4 Å². The van der Waals surface area contributed by atoms with Gasteiger partial charge in [0, 0.05) is 46.6 Å². The van der Waals surface area contributed by atoms with Gasteiger partial charge in [-0.1, -0.05) is 55.8 Å². The van der Waals surface area contributed by atoms with Crippen molar-refractivity contribution in [2.24, 2.45) is 0 Å². The van der Waals surface area contributed by atoms with Crippen LogP contribution in [0, 0.1) is 0 Å². The molecule has 0 radical (unpaired) electrons. The normalized spacial score (nSPS) is 20.4. The number of rotatable bonds is 5. The summed E-state index contributed by atoms with van der Waals surface area (Å²) in [5.41, 5.74) is 7.75. The first kappa shape index (κ1) is 34.4. The molecular formula is C39H38ClN2O6S2+. The van der Waals surface area contributed by atoms with E-state index in [4.69, 9.17) is 11.6 Å². The lowest BCUT2D eigenvalue weighted by atomic mass is 9.79. The third-order valence-corrected chi connectivity index (χ3v) is 12.8. The maximum Gasteiger partial charge on any atom is 0.294 e. The van der Waals surface area contributed by atoms with Crippen LogP contribution in [0.15, 0.2) is 117 Å². The van der Waals surface area contributed by atoms with Crippen molar-refractivity contribution in [3.8, 4) is 0 Å². The molecule has 0 aromatic heterocycles. The lowest BCUT2D eigenvalue weighted by molar-refractivity contribution is -0.401. The molecule has 7 rings (SSSR count). The maximum atomic E-state index is 11.8. The van der Waals surface area contributed by atoms with Crippen LogP contribution >= 0.6 is 11.6 Å². The van der Waals surface area contributed by atoms with Crippen LogP contribution in [0.4, 0.5) is 11.4 Å². The summed E-state index contributed by atoms with van der Waals surface area (Å²) in [6.45, 7) is 8.62. The van der Waals surface area contributed by atoms with Crippen molar-refractivity contribution in [1.82, 2.24) is 0 Å². The van der Waals surface area contributed by atoms with Crippen LogP contribution in [0.5, 0.6) is 0 Å². The summed E-state index contributed by atoms with van der Waals surface area (Å²) in [7, 11) is -4.56. The number of hydrogen-bond acceptors (Lipinski definition) is 5. The van der Waals surface area contributed by atoms with Crippen LogP contribution in [0.3, 0.4) is 0 Å². The van der Waals surface area contributed by atoms with E-state index in [1.807, 2.05) is 38.4 Å². The van der Waals surface area contributed by atoms with Crippen molar-refractivity contribution in [3.05, 3.63) is 118 Å². The van der Waals surface area contributed by atoms with Gasteiger partial charge in [0.25, 0.3) is 20.2 Å². The molecule has 50 heavy (non-hydrogen) atoms. The van der Waals surface area contributed by atoms with E-state index in [-0.39, 0.29) is 20.6 Å². The Kier molecular flexibility index (Phi) is 7.90. The van der Waals surface area contributed by atoms with Crippen LogP contribution in [-0.2, 0) is 31.1 Å². The van der Waals surface area contributed by atoms with Gasteiger partial charge in [0.1, 0.15) is 7.05 Å². The molecule has 0 saturated carbocycles. The molecule has 11 heteroatoms. The summed E-state index contributed by atoms with van der Waals surface area (Å²) in [4.78, 5) is 1.91. The van der Waals surface area contributed by atoms with E-state index < -0.39 is 20.2 Å². The summed E-state index contributed by atoms with van der Waals surface area (Å²) in [6, 6.07) is 17.2. The van der Waals surface area contributed by atoms with E-state index in [9.17, 15) is 25.9 Å². The largest absolute Gasteiger partial charge is 0.347 e. The van der Waals surface area contributed by atoms with E-state index in [2.05, 4.69) is 61.5 Å². The molecule has 0 atom stereocenters. The van der Waals surface area contributed by atoms with Gasteiger partial charge in [0.15, 0.2) is 5.71 Å². The zero-order valence-electron chi connectivity index (χ0n) is 28.6. The summed E-state index contributed by atoms with van der Waals surface area (Å²) < 4.78 is 68.4. The lowest BCUT2D eigenvalue weighted by Crippen LogP contribution is -2.26. The van der Waals surface area contributed by atoms with Gasteiger partial charge in [-0.3, -0.25) is 9.11 Å². The van der Waals surface area contributed by atoms with Gasteiger partial charge in [-0.15, -0.1) is 0 Å². The van der Waals surface area contributed by atoms with Crippen LogP contribution < -0.4 is 4.90 Å². The Bertz CT molecular complexity index is 2580. The minimum atomic E-state index is -4.31. The standard InChI is InChI=1S/C39H37ClN2O6S2/c1-38(2)33(41(5)31-17-9-25-21-27(49(43,44)45)13-15-29(25)35(31)38)19-11-23-7-8-24(37(23)40)12-20-34-39(3,4)36-30-16-14-28(50(46,47)48)22-26(30)10-18-32(36)42(34)6/h9-22H,7-8H2,1-6H3,(H-,43,44,45,46,47,48)/p+1. The molecule has 4 aromatic rings. The van der Waals surface area contributed by atoms with Crippen LogP contribution in [0.1, 0.15) is 51.7 Å². The summed E-state index contributed by atoms with van der Waals surface area (Å²) in [5.74, 6) is 0. The average molecular weight is 730 g/mol. The predicted octanol–water partition coefficient (Wildman–Crippen LogP) is 8.57. The first-order valence-electron chi connectivity index (χ1n) is 16.2. The van der Waals surface area contributed by atoms with Crippen LogP contribution in [0.25, 0.3) is 21.5 Å². The number of anilines is 1. The summed E-state index contributed by atoms with van der Waals surface area (Å²) >= 11 is 7.02. The fraction of sp³-hybridized carbons (Fsp3) is 0.256. The number of allylic oxidation sites excluding steroid dienone is 8. The average Bonchev–Trinajstić information content (AvgIpc) is 3.56. The van der Waals surface area contributed by atoms with E-state index >= 15 is 0 Å². The first-order valence-corrected chi connectivity index (χ1v) is 19.5. The highest BCUT2D eigenvalue weighted by Gasteiger charge is 2.44. The number of likely N-dealkylation sites (N-methyl/N-ethyl adjacent to an activating group) is 1. The molecule has 2 heterocycles. The second kappa shape index (κ2) is 11.5. The Morgan fingerprint density at radius 1 is 0.760 bits per heavy atom. The second-order valence-electron chi connectivity index (χ2n) is 14.3. The van der Waals surface area contributed by atoms with Crippen molar-refractivity contribution in [2.45, 2.75) is 61.2 Å². The molecule has 0 fully saturated rings. The van der Waals surface area contributed by atoms with Gasteiger partial charge in [0.2, 0.25) is 5.69 Å². The van der Waals surface area contributed by atoms with Crippen molar-refractivity contribution in [2.75, 3.05) is 19.0 Å². The minimum Gasteiger partial charge on any atom is -0.347 e. The zero-order valence-corrected chi connectivity index (χ0v) is 31.0. The highest BCUT2D eigenvalue weighted by Crippen LogP contribution is 2.50. The van der Waals surface area contributed by atoms with Crippen molar-refractivity contribution in [1.29, 1.82) is 0 Å². The molecule has 1 aliphatic carbocycles. The molecule has 0 unspecified atom stereocenters. The predicted molar refractivity (Wildman–Crippen MR) is 200 cm³/mol. The summed E-state index contributed by atoms with van der Waals surface area (Å²) in [6.07, 6.45) is 10.1. The zero-order chi connectivity index (χ0) is 36.1. The Morgan fingerprint density at radius 2 is 1.34 bits per heavy atom. The SMILES string of the molecule is CN1/C(=C\C=C2\CCC(/C=C/C3=[N+](C)c4ccc5cc(S(=O)(=O)O)ccc5c4C3(C)C)=C2Cl)C(C)(C)c2c1ccc1cc(S(=O)(=O)O)ccc21. The third-order valence-electron chi connectivity index (χ3n) is 10.6. The van der Waals surface area contributed by atoms with Crippen LogP contribution in [0.2, 0.25) is 0 Å². The van der Waals surface area contributed by atoms with Crippen LogP contribution in [-0.4, -0.2) is 50.3 Å². The number of benzene rings is 4. The Morgan fingerprint density at radius 3 is 1.94 bits per heavy atom. The molecular weight excluding hydrogens is 692 g/mol. The van der Waals surface area contributed by atoms with Crippen molar-refractivity contribution < 1.29 is 30.5 Å². The topological polar surface area (TPSA) is 115 Å². The molecule has 2 N–H and O–H groups in total. The smallest absolute Gasteiger partial charge is 0.294 e. The Balaban J connectivity index is 1.19. The third kappa shape index (κ3) is 5.36. The van der Waals surface area contributed by atoms with E-state index in [0.717, 1.165) is 84.5 Å². The molecule has 0 saturated heterocycles. The number of fused-ring (bicyclic) bond motifs is 6. The summed E-state index contributed by atoms with van der Waals surface area (Å²) in [5, 5.41) is 4.09. The van der Waals surface area contributed by atoms with Crippen molar-refractivity contribution in [3.63, 3.8) is 0 Å². The van der Waals surface area contributed by atoms with E-state index in [1.54, 1.807) is 12.1 Å². The molecule has 2 aliphatic heterocycles. The van der Waals surface area contributed by atoms with Gasteiger partial charge in [-0.25, -0.2) is 0 Å². The lowest BCUT2D eigenvalue weighted by Gasteiger charge is -2.24. The highest BCUT2D eigenvalue weighted by molar-refractivity contribution is 7.86. The molecule has 3 aliphatic rings. The van der Waals surface area contributed by atoms with E-state index in [0.29, 0.717) is 0 Å². The van der Waals surface area contributed by atoms with E-state index in [1.165, 1.54) is 24.3 Å². The minimum absolute atomic E-state index is 0.126. The van der Waals surface area contributed by atoms with Gasteiger partial charge < -0.3 is 4.90 Å². The van der Waals surface area contributed by atoms with Gasteiger partial charge in [0.05, 0.1) is 15.2 Å². The second-order valence-corrected chi connectivity index (χ2v) is 17.5. The fourth-order valence-corrected chi connectivity index (χ4v) is 9.49. The molecule has 0 spiro atoms. The first-order chi connectivity index (χ1) is 23.3. The van der Waals surface area contributed by atoms with Gasteiger partial charge >= 0.3 is 0 Å².